The van der Waals surface area contributed by atoms with Gasteiger partial charge in [-0.05, 0) is 23.8 Å². The molecule has 2 heterocycles. The molecule has 9 heteroatoms. The summed E-state index contributed by atoms with van der Waals surface area (Å²) in [6, 6.07) is 6.39. The third-order valence-electron chi connectivity index (χ3n) is 3.67. The summed E-state index contributed by atoms with van der Waals surface area (Å²) in [5.74, 6) is -0.118. The van der Waals surface area contributed by atoms with Crippen molar-refractivity contribution in [3.8, 4) is 11.1 Å². The molecule has 124 valence electrons. The van der Waals surface area contributed by atoms with Gasteiger partial charge in [-0.3, -0.25) is 19.5 Å². The van der Waals surface area contributed by atoms with Gasteiger partial charge in [0.2, 0.25) is 0 Å². The van der Waals surface area contributed by atoms with Crippen LogP contribution in [-0.2, 0) is 9.53 Å². The van der Waals surface area contributed by atoms with Gasteiger partial charge in [0.1, 0.15) is 6.04 Å². The lowest BCUT2D eigenvalue weighted by Crippen LogP contribution is -2.29. The summed E-state index contributed by atoms with van der Waals surface area (Å²) < 4.78 is 6.05. The zero-order chi connectivity index (χ0) is 17.4. The first-order chi connectivity index (χ1) is 11.4. The van der Waals surface area contributed by atoms with E-state index in [1.165, 1.54) is 47.7 Å². The van der Waals surface area contributed by atoms with Crippen molar-refractivity contribution < 1.29 is 14.5 Å². The predicted molar refractivity (Wildman–Crippen MR) is 89.6 cm³/mol. The van der Waals surface area contributed by atoms with Crippen molar-refractivity contribution in [1.82, 2.24) is 4.57 Å². The second kappa shape index (κ2) is 6.29. The van der Waals surface area contributed by atoms with Gasteiger partial charge in [-0.25, -0.2) is 4.79 Å². The average Bonchev–Trinajstić information content (AvgIpc) is 2.98. The number of nitro benzene ring substituents is 1. The molecule has 0 fully saturated rings. The van der Waals surface area contributed by atoms with Gasteiger partial charge in [-0.1, -0.05) is 11.6 Å². The number of ether oxygens (including phenoxy) is 1. The third kappa shape index (κ3) is 2.78. The molecular formula is C15H11ClN2O5S. The van der Waals surface area contributed by atoms with E-state index in [2.05, 4.69) is 0 Å². The Morgan fingerprint density at radius 1 is 1.42 bits per heavy atom. The van der Waals surface area contributed by atoms with Gasteiger partial charge in [0.05, 0.1) is 22.6 Å². The van der Waals surface area contributed by atoms with Gasteiger partial charge in [-0.2, -0.15) is 0 Å². The van der Waals surface area contributed by atoms with Gasteiger partial charge < -0.3 is 4.74 Å². The summed E-state index contributed by atoms with van der Waals surface area (Å²) in [4.78, 5) is 34.9. The Balaban J connectivity index is 2.16. The van der Waals surface area contributed by atoms with Crippen molar-refractivity contribution in [2.24, 2.45) is 0 Å². The van der Waals surface area contributed by atoms with Gasteiger partial charge >= 0.3 is 5.97 Å². The summed E-state index contributed by atoms with van der Waals surface area (Å²) >= 11 is 7.26. The number of carbonyl (C=O) groups excluding carboxylic acids is 1. The maximum atomic E-state index is 12.4. The highest BCUT2D eigenvalue weighted by Gasteiger charge is 2.31. The number of nitro groups is 1. The lowest BCUT2D eigenvalue weighted by Gasteiger charge is -2.12. The number of nitrogens with zero attached hydrogens (tertiary/aromatic N) is 2. The summed E-state index contributed by atoms with van der Waals surface area (Å²) in [6.07, 6.45) is 0. The van der Waals surface area contributed by atoms with Crippen LogP contribution in [0, 0.1) is 10.1 Å². The zero-order valence-corrected chi connectivity index (χ0v) is 14.0. The van der Waals surface area contributed by atoms with Gasteiger partial charge in [0, 0.05) is 22.9 Å². The van der Waals surface area contributed by atoms with Crippen LogP contribution in [0.5, 0.6) is 0 Å². The van der Waals surface area contributed by atoms with E-state index in [9.17, 15) is 19.7 Å². The summed E-state index contributed by atoms with van der Waals surface area (Å²) in [7, 11) is 1.26. The number of hydrogen-bond acceptors (Lipinski definition) is 6. The molecular weight excluding hydrogens is 356 g/mol. The molecule has 0 bridgehead atoms. The molecule has 0 unspecified atom stereocenters. The van der Waals surface area contributed by atoms with Crippen LogP contribution in [-0.4, -0.2) is 28.3 Å². The first-order valence-corrected chi connectivity index (χ1v) is 8.20. The summed E-state index contributed by atoms with van der Waals surface area (Å²) in [6.45, 7) is 0. The Labute approximate surface area is 145 Å². The van der Waals surface area contributed by atoms with Crippen molar-refractivity contribution in [2.75, 3.05) is 12.9 Å². The Morgan fingerprint density at radius 2 is 2.17 bits per heavy atom. The van der Waals surface area contributed by atoms with Crippen molar-refractivity contribution >= 4 is 35.0 Å². The fourth-order valence-electron chi connectivity index (χ4n) is 2.58. The molecule has 0 aliphatic carbocycles. The van der Waals surface area contributed by atoms with E-state index in [1.807, 2.05) is 0 Å². The van der Waals surface area contributed by atoms with Gasteiger partial charge in [-0.15, -0.1) is 11.8 Å². The topological polar surface area (TPSA) is 91.4 Å². The maximum absolute atomic E-state index is 12.4. The standard InChI is InChI=1S/C15H11ClN2O5S/c1-23-15(20)12-7-24-14-5-8(4-13(19)17(12)14)10-6-9(16)2-3-11(10)18(21)22/h2-6,12H,7H2,1H3/t12-/m0/s1. The highest BCUT2D eigenvalue weighted by Crippen LogP contribution is 2.37. The molecule has 1 atom stereocenters. The van der Waals surface area contributed by atoms with E-state index < -0.39 is 22.5 Å². The Kier molecular flexibility index (Phi) is 4.33. The lowest BCUT2D eigenvalue weighted by atomic mass is 10.0. The van der Waals surface area contributed by atoms with Crippen LogP contribution in [0.15, 0.2) is 40.2 Å². The number of aromatic nitrogens is 1. The largest absolute Gasteiger partial charge is 0.467 e. The number of hydrogen-bond donors (Lipinski definition) is 0. The Hall–Kier alpha value is -2.32. The fraction of sp³-hybridized carbons (Fsp3) is 0.200. The second-order valence-electron chi connectivity index (χ2n) is 5.06. The molecule has 0 saturated carbocycles. The molecule has 0 N–H and O–H groups in total. The van der Waals surface area contributed by atoms with Crippen molar-refractivity contribution in [3.63, 3.8) is 0 Å². The minimum atomic E-state index is -0.689. The number of fused-ring (bicyclic) bond motifs is 1. The second-order valence-corrected chi connectivity index (χ2v) is 6.54. The van der Waals surface area contributed by atoms with E-state index in [0.29, 0.717) is 21.4 Å². The number of halogens is 1. The molecule has 0 radical (unpaired) electrons. The van der Waals surface area contributed by atoms with Crippen LogP contribution in [0.25, 0.3) is 11.1 Å². The average molecular weight is 367 g/mol. The number of carbonyl (C=O) groups is 1. The molecule has 1 aromatic carbocycles. The van der Waals surface area contributed by atoms with Gasteiger partial charge in [0.15, 0.2) is 0 Å². The SMILES string of the molecule is COC(=O)[C@@H]1CSc2cc(-c3cc(Cl)ccc3[N+](=O)[O-])cc(=O)n21. The Morgan fingerprint density at radius 3 is 2.83 bits per heavy atom. The number of methoxy groups -OCH3 is 1. The summed E-state index contributed by atoms with van der Waals surface area (Å²) in [5, 5.41) is 12.1. The van der Waals surface area contributed by atoms with Crippen molar-refractivity contribution in [3.05, 3.63) is 55.8 Å². The fourth-order valence-corrected chi connectivity index (χ4v) is 3.93. The highest BCUT2D eigenvalue weighted by molar-refractivity contribution is 7.99. The number of benzene rings is 1. The zero-order valence-electron chi connectivity index (χ0n) is 12.4. The maximum Gasteiger partial charge on any atom is 0.329 e. The third-order valence-corrected chi connectivity index (χ3v) is 5.00. The van der Waals surface area contributed by atoms with Crippen molar-refractivity contribution in [2.45, 2.75) is 11.1 Å². The van der Waals surface area contributed by atoms with Crippen LogP contribution in [0.4, 0.5) is 5.69 Å². The molecule has 24 heavy (non-hydrogen) atoms. The monoisotopic (exact) mass is 366 g/mol. The molecule has 0 spiro atoms. The predicted octanol–water partition coefficient (Wildman–Crippen LogP) is 2.90. The van der Waals surface area contributed by atoms with E-state index in [0.717, 1.165) is 0 Å². The normalized spacial score (nSPS) is 15.8. The quantitative estimate of drug-likeness (QED) is 0.471. The number of rotatable bonds is 3. The van der Waals surface area contributed by atoms with Crippen LogP contribution in [0.1, 0.15) is 6.04 Å². The number of esters is 1. The molecule has 1 aliphatic heterocycles. The molecule has 3 rings (SSSR count). The first-order valence-electron chi connectivity index (χ1n) is 6.84. The van der Waals surface area contributed by atoms with E-state index in [-0.39, 0.29) is 11.3 Å². The Bertz CT molecular complexity index is 911. The van der Waals surface area contributed by atoms with Crippen LogP contribution in [0.3, 0.4) is 0 Å². The van der Waals surface area contributed by atoms with Crippen LogP contribution >= 0.6 is 23.4 Å². The minimum absolute atomic E-state index is 0.142. The minimum Gasteiger partial charge on any atom is -0.467 e. The molecule has 2 aromatic rings. The van der Waals surface area contributed by atoms with E-state index in [1.54, 1.807) is 6.07 Å². The first kappa shape index (κ1) is 16.5. The molecule has 7 nitrogen and oxygen atoms in total. The lowest BCUT2D eigenvalue weighted by molar-refractivity contribution is -0.384. The smallest absolute Gasteiger partial charge is 0.329 e. The van der Waals surface area contributed by atoms with Crippen LogP contribution < -0.4 is 5.56 Å². The molecule has 1 aromatic heterocycles. The molecule has 0 amide bonds. The number of thioether (sulfide) groups is 1. The highest BCUT2D eigenvalue weighted by atomic mass is 35.5. The number of pyridine rings is 1. The van der Waals surface area contributed by atoms with Crippen molar-refractivity contribution in [1.29, 1.82) is 0 Å². The van der Waals surface area contributed by atoms with E-state index in [4.69, 9.17) is 16.3 Å². The molecule has 1 aliphatic rings. The van der Waals surface area contributed by atoms with E-state index >= 15 is 0 Å². The summed E-state index contributed by atoms with van der Waals surface area (Å²) in [5.41, 5.74) is 0.0852. The van der Waals surface area contributed by atoms with Gasteiger partial charge in [0.25, 0.3) is 11.2 Å². The van der Waals surface area contributed by atoms with Crippen LogP contribution in [0.2, 0.25) is 5.02 Å². The molecule has 0 saturated heterocycles.